The number of nitrogens with two attached hydrogens (primary N) is 1. The zero-order valence-corrected chi connectivity index (χ0v) is 11.0. The number of ether oxygens (including phenoxy) is 2. The van der Waals surface area contributed by atoms with Crippen LogP contribution in [0.1, 0.15) is 0 Å². The summed E-state index contributed by atoms with van der Waals surface area (Å²) in [6, 6.07) is 8.54. The second kappa shape index (κ2) is 7.28. The van der Waals surface area contributed by atoms with Gasteiger partial charge < -0.3 is 15.2 Å². The first kappa shape index (κ1) is 15.7. The van der Waals surface area contributed by atoms with E-state index < -0.39 is 17.5 Å². The van der Waals surface area contributed by atoms with Crippen LogP contribution in [0, 0.1) is 17.5 Å². The van der Waals surface area contributed by atoms with Gasteiger partial charge in [0.1, 0.15) is 5.82 Å². The summed E-state index contributed by atoms with van der Waals surface area (Å²) in [6.07, 6.45) is 0. The molecule has 0 saturated carbocycles. The third kappa shape index (κ3) is 4.08. The SMILES string of the molecule is COc1ccccc1OC.Nc1cc(F)c(F)cc1F. The normalized spacial score (nSPS) is 9.45. The molecular formula is C14H14F3NO2. The molecule has 0 fully saturated rings. The van der Waals surface area contributed by atoms with E-state index in [2.05, 4.69) is 0 Å². The number of methoxy groups -OCH3 is 2. The van der Waals surface area contributed by atoms with Crippen molar-refractivity contribution in [1.29, 1.82) is 0 Å². The number of nitrogen functional groups attached to an aromatic ring is 1. The molecule has 0 atom stereocenters. The molecule has 0 saturated heterocycles. The lowest BCUT2D eigenvalue weighted by Gasteiger charge is -2.04. The van der Waals surface area contributed by atoms with E-state index in [9.17, 15) is 13.2 Å². The molecule has 2 rings (SSSR count). The maximum Gasteiger partial charge on any atom is 0.161 e. The highest BCUT2D eigenvalue weighted by Crippen LogP contribution is 2.24. The summed E-state index contributed by atoms with van der Waals surface area (Å²) >= 11 is 0. The Kier molecular flexibility index (Phi) is 5.71. The first-order valence-electron chi connectivity index (χ1n) is 5.56. The number of anilines is 1. The minimum absolute atomic E-state index is 0.390. The van der Waals surface area contributed by atoms with Crippen molar-refractivity contribution in [3.8, 4) is 11.5 Å². The molecule has 6 heteroatoms. The molecular weight excluding hydrogens is 271 g/mol. The van der Waals surface area contributed by atoms with Crippen molar-refractivity contribution < 1.29 is 22.6 Å². The second-order valence-electron chi connectivity index (χ2n) is 3.64. The van der Waals surface area contributed by atoms with Crippen LogP contribution in [0.15, 0.2) is 36.4 Å². The van der Waals surface area contributed by atoms with Crippen molar-refractivity contribution >= 4 is 5.69 Å². The van der Waals surface area contributed by atoms with Crippen LogP contribution in [-0.4, -0.2) is 14.2 Å². The number of rotatable bonds is 2. The van der Waals surface area contributed by atoms with Crippen molar-refractivity contribution in [2.24, 2.45) is 0 Å². The van der Waals surface area contributed by atoms with Crippen LogP contribution in [-0.2, 0) is 0 Å². The monoisotopic (exact) mass is 285 g/mol. The van der Waals surface area contributed by atoms with E-state index in [0.717, 1.165) is 11.5 Å². The van der Waals surface area contributed by atoms with Crippen LogP contribution in [0.5, 0.6) is 11.5 Å². The van der Waals surface area contributed by atoms with Crippen molar-refractivity contribution in [2.75, 3.05) is 20.0 Å². The minimum atomic E-state index is -1.23. The predicted molar refractivity (Wildman–Crippen MR) is 70.3 cm³/mol. The van der Waals surface area contributed by atoms with Gasteiger partial charge in [-0.1, -0.05) is 12.1 Å². The molecule has 0 aliphatic rings. The molecule has 0 aromatic heterocycles. The maximum atomic E-state index is 12.2. The van der Waals surface area contributed by atoms with Gasteiger partial charge in [0.2, 0.25) is 0 Å². The Balaban J connectivity index is 0.000000200. The van der Waals surface area contributed by atoms with E-state index in [0.29, 0.717) is 12.1 Å². The molecule has 0 amide bonds. The zero-order chi connectivity index (χ0) is 15.1. The first-order chi connectivity index (χ1) is 9.49. The average Bonchev–Trinajstić information content (AvgIpc) is 2.46. The van der Waals surface area contributed by atoms with E-state index >= 15 is 0 Å². The Bertz CT molecular complexity index is 503. The molecule has 108 valence electrons. The Labute approximate surface area is 114 Å². The highest BCUT2D eigenvalue weighted by atomic mass is 19.2. The van der Waals surface area contributed by atoms with E-state index in [1.807, 2.05) is 24.3 Å². The number of benzene rings is 2. The molecule has 0 spiro atoms. The second-order valence-corrected chi connectivity index (χ2v) is 3.64. The van der Waals surface area contributed by atoms with Crippen molar-refractivity contribution in [1.82, 2.24) is 0 Å². The van der Waals surface area contributed by atoms with Crippen LogP contribution in [0.4, 0.5) is 18.9 Å². The molecule has 0 bridgehead atoms. The Morgan fingerprint density at radius 2 is 1.25 bits per heavy atom. The lowest BCUT2D eigenvalue weighted by Crippen LogP contribution is -1.94. The van der Waals surface area contributed by atoms with E-state index in [1.165, 1.54) is 0 Å². The molecule has 2 aromatic rings. The van der Waals surface area contributed by atoms with Gasteiger partial charge in [-0.05, 0) is 12.1 Å². The van der Waals surface area contributed by atoms with Crippen molar-refractivity contribution in [2.45, 2.75) is 0 Å². The summed E-state index contributed by atoms with van der Waals surface area (Å²) in [4.78, 5) is 0. The van der Waals surface area contributed by atoms with Crippen molar-refractivity contribution in [3.05, 3.63) is 53.8 Å². The molecule has 2 aromatic carbocycles. The molecule has 2 N–H and O–H groups in total. The minimum Gasteiger partial charge on any atom is -0.493 e. The zero-order valence-electron chi connectivity index (χ0n) is 11.0. The highest BCUT2D eigenvalue weighted by molar-refractivity contribution is 5.39. The third-order valence-electron chi connectivity index (χ3n) is 2.33. The van der Waals surface area contributed by atoms with Crippen LogP contribution in [0.25, 0.3) is 0 Å². The smallest absolute Gasteiger partial charge is 0.161 e. The summed E-state index contributed by atoms with van der Waals surface area (Å²) in [5.74, 6) is -1.78. The molecule has 0 unspecified atom stereocenters. The summed E-state index contributed by atoms with van der Waals surface area (Å²) in [5, 5.41) is 0. The fraction of sp³-hybridized carbons (Fsp3) is 0.143. The molecule has 0 aliphatic carbocycles. The maximum absolute atomic E-state index is 12.2. The standard InChI is InChI=1S/C8H10O2.C6H4F3N/c1-9-7-5-3-4-6-8(7)10-2;7-3-1-5(9)6(10)2-4(3)8/h3-6H,1-2H3;1-2H,10H2. The fourth-order valence-corrected chi connectivity index (χ4v) is 1.33. The summed E-state index contributed by atoms with van der Waals surface area (Å²) in [6.45, 7) is 0. The molecule has 20 heavy (non-hydrogen) atoms. The Morgan fingerprint density at radius 3 is 1.65 bits per heavy atom. The topological polar surface area (TPSA) is 44.5 Å². The quantitative estimate of drug-likeness (QED) is 0.679. The van der Waals surface area contributed by atoms with Gasteiger partial charge in [-0.25, -0.2) is 13.2 Å². The number of halogens is 3. The van der Waals surface area contributed by atoms with Gasteiger partial charge in [0.25, 0.3) is 0 Å². The van der Waals surface area contributed by atoms with Crippen molar-refractivity contribution in [3.63, 3.8) is 0 Å². The van der Waals surface area contributed by atoms with E-state index in [1.54, 1.807) is 14.2 Å². The third-order valence-corrected chi connectivity index (χ3v) is 2.33. The molecule has 0 radical (unpaired) electrons. The first-order valence-corrected chi connectivity index (χ1v) is 5.56. The van der Waals surface area contributed by atoms with Gasteiger partial charge in [-0.3, -0.25) is 0 Å². The molecule has 3 nitrogen and oxygen atoms in total. The lowest BCUT2D eigenvalue weighted by atomic mass is 10.3. The summed E-state index contributed by atoms with van der Waals surface area (Å²) in [5.41, 5.74) is 4.52. The predicted octanol–water partition coefficient (Wildman–Crippen LogP) is 3.39. The Morgan fingerprint density at radius 1 is 0.800 bits per heavy atom. The Hall–Kier alpha value is -2.37. The van der Waals surface area contributed by atoms with Crippen LogP contribution in [0.2, 0.25) is 0 Å². The molecule has 0 heterocycles. The fourth-order valence-electron chi connectivity index (χ4n) is 1.33. The summed E-state index contributed by atoms with van der Waals surface area (Å²) in [7, 11) is 3.25. The average molecular weight is 285 g/mol. The number of hydrogen-bond donors (Lipinski definition) is 1. The van der Waals surface area contributed by atoms with E-state index in [4.69, 9.17) is 15.2 Å². The van der Waals surface area contributed by atoms with E-state index in [-0.39, 0.29) is 5.69 Å². The van der Waals surface area contributed by atoms with Gasteiger partial charge in [0.05, 0.1) is 19.9 Å². The van der Waals surface area contributed by atoms with Crippen LogP contribution in [0.3, 0.4) is 0 Å². The molecule has 0 aliphatic heterocycles. The van der Waals surface area contributed by atoms with Crippen LogP contribution < -0.4 is 15.2 Å². The number of hydrogen-bond acceptors (Lipinski definition) is 3. The largest absolute Gasteiger partial charge is 0.493 e. The van der Waals surface area contributed by atoms with Crippen LogP contribution >= 0.6 is 0 Å². The lowest BCUT2D eigenvalue weighted by molar-refractivity contribution is 0.355. The summed E-state index contributed by atoms with van der Waals surface area (Å²) < 4.78 is 46.5. The number of para-hydroxylation sites is 2. The van der Waals surface area contributed by atoms with Gasteiger partial charge >= 0.3 is 0 Å². The highest BCUT2D eigenvalue weighted by Gasteiger charge is 2.05. The van der Waals surface area contributed by atoms with Gasteiger partial charge in [-0.15, -0.1) is 0 Å². The van der Waals surface area contributed by atoms with Gasteiger partial charge in [0.15, 0.2) is 23.1 Å². The van der Waals surface area contributed by atoms with Gasteiger partial charge in [-0.2, -0.15) is 0 Å². The van der Waals surface area contributed by atoms with Gasteiger partial charge in [0, 0.05) is 12.1 Å².